The molecule has 3 N–H and O–H groups in total. The first-order valence-electron chi connectivity index (χ1n) is 6.59. The van der Waals surface area contributed by atoms with Gasteiger partial charge in [0.1, 0.15) is 0 Å². The molecule has 0 spiro atoms. The van der Waals surface area contributed by atoms with E-state index in [1.54, 1.807) is 0 Å². The predicted molar refractivity (Wildman–Crippen MR) is 83.4 cm³/mol. The Labute approximate surface area is 134 Å². The van der Waals surface area contributed by atoms with Crippen LogP contribution in [0.1, 0.15) is 0 Å². The van der Waals surface area contributed by atoms with Gasteiger partial charge in [-0.1, -0.05) is 0 Å². The minimum absolute atomic E-state index is 0. The van der Waals surface area contributed by atoms with E-state index in [4.69, 9.17) is 3.32 Å². The molecule has 5 nitrogen and oxygen atoms in total. The molecule has 0 amide bonds. The molecular weight excluding hydrogens is 323 g/mol. The summed E-state index contributed by atoms with van der Waals surface area (Å²) in [5.41, 5.74) is 0. The second kappa shape index (κ2) is 12.8. The Bertz CT molecular complexity index is 201. The van der Waals surface area contributed by atoms with Crippen molar-refractivity contribution < 1.29 is 20.6 Å². The summed E-state index contributed by atoms with van der Waals surface area (Å²) < 4.78 is 8.31. The Balaban J connectivity index is 0. The zero-order chi connectivity index (χ0) is 12.6. The third-order valence-electron chi connectivity index (χ3n) is 3.34. The van der Waals surface area contributed by atoms with Crippen LogP contribution < -0.4 is 16.0 Å². The van der Waals surface area contributed by atoms with Crippen molar-refractivity contribution in [2.24, 2.45) is 0 Å². The summed E-state index contributed by atoms with van der Waals surface area (Å²) in [6.45, 7) is 8.51. The van der Waals surface area contributed by atoms with Crippen LogP contribution in [-0.4, -0.2) is 62.8 Å². The molecule has 1 heterocycles. The summed E-state index contributed by atoms with van der Waals surface area (Å²) in [5, 5.41) is 15.0. The van der Waals surface area contributed by atoms with Gasteiger partial charge in [-0.05, 0) is 0 Å². The second-order valence-electron chi connectivity index (χ2n) is 4.89. The molecule has 0 atom stereocenters. The minimum Gasteiger partial charge on any atom is -0.147 e. The van der Waals surface area contributed by atoms with Crippen molar-refractivity contribution in [3.8, 4) is 0 Å². The molecule has 0 aliphatic carbocycles. The summed E-state index contributed by atoms with van der Waals surface area (Å²) >= 11 is -2.18. The van der Waals surface area contributed by atoms with Gasteiger partial charge in [0, 0.05) is 0 Å². The molecule has 0 saturated carbocycles. The third kappa shape index (κ3) is 9.61. The van der Waals surface area contributed by atoms with E-state index in [0.717, 1.165) is 52.4 Å². The number of rotatable bonds is 2. The van der Waals surface area contributed by atoms with E-state index in [0.29, 0.717) is 0 Å². The molecule has 1 aliphatic heterocycles. The second-order valence-corrected chi connectivity index (χ2v) is 11.0. The van der Waals surface area contributed by atoms with Crippen molar-refractivity contribution in [3.05, 3.63) is 0 Å². The normalized spacial score (nSPS) is 20.4. The molecule has 1 saturated heterocycles. The average Bonchev–Trinajstić information content (AvgIpc) is 2.29. The molecule has 0 aromatic rings. The van der Waals surface area contributed by atoms with Crippen LogP contribution >= 0.6 is 24.8 Å². The van der Waals surface area contributed by atoms with Gasteiger partial charge in [-0.25, -0.2) is 0 Å². The molecule has 118 valence electrons. The van der Waals surface area contributed by atoms with E-state index in [2.05, 4.69) is 29.8 Å². The maximum Gasteiger partial charge on any atom is -0.147 e. The van der Waals surface area contributed by atoms with Crippen LogP contribution in [0.5, 0.6) is 0 Å². The number of nitrogens with one attached hydrogen (secondary N) is 3. The SMILES string of the molecule is C[O][Ti]([CH3])([CH3])[N]1CCNCCNCCNCC1.Cl.Cl. The average molecular weight is 353 g/mol. The summed E-state index contributed by atoms with van der Waals surface area (Å²) in [4.78, 5) is 0. The van der Waals surface area contributed by atoms with Crippen molar-refractivity contribution in [1.82, 2.24) is 19.3 Å². The van der Waals surface area contributed by atoms with E-state index in [1.165, 1.54) is 0 Å². The standard InChI is InChI=1S/C8H19N4.CH3O.2CH3.2ClH.Ti/c1-2-10-5-6-12-8-7-11-4-3-9-1;1-2;;;;;/h9-11H,1-8H2;1H3;2*1H3;2*1H;/q2*-1;;;;;+2. The van der Waals surface area contributed by atoms with Gasteiger partial charge < -0.3 is 0 Å². The largest absolute Gasteiger partial charge is 0.147 e. The molecule has 8 heteroatoms. The van der Waals surface area contributed by atoms with Gasteiger partial charge in [0.25, 0.3) is 0 Å². The maximum atomic E-state index is 5.75. The first kappa shape index (κ1) is 22.4. The van der Waals surface area contributed by atoms with Gasteiger partial charge in [-0.3, -0.25) is 0 Å². The number of hydrogen-bond acceptors (Lipinski definition) is 5. The fraction of sp³-hybridized carbons (Fsp3) is 1.00. The van der Waals surface area contributed by atoms with Gasteiger partial charge in [-0.2, -0.15) is 0 Å². The van der Waals surface area contributed by atoms with Gasteiger partial charge in [0.05, 0.1) is 0 Å². The number of nitrogens with zero attached hydrogens (tertiary/aromatic N) is 1. The fourth-order valence-corrected chi connectivity index (χ4v) is 4.37. The van der Waals surface area contributed by atoms with Crippen molar-refractivity contribution in [1.29, 1.82) is 0 Å². The van der Waals surface area contributed by atoms with Gasteiger partial charge >= 0.3 is 110 Å². The Hall–Kier alpha value is 1.09. The topological polar surface area (TPSA) is 48.6 Å². The molecule has 0 radical (unpaired) electrons. The van der Waals surface area contributed by atoms with Crippen LogP contribution in [-0.2, 0) is 20.6 Å². The van der Waals surface area contributed by atoms with Crippen LogP contribution in [0.2, 0.25) is 10.5 Å². The minimum atomic E-state index is -2.18. The van der Waals surface area contributed by atoms with Crippen molar-refractivity contribution in [2.75, 3.05) is 59.5 Å². The van der Waals surface area contributed by atoms with Gasteiger partial charge in [0.15, 0.2) is 0 Å². The fourth-order valence-electron chi connectivity index (χ4n) is 1.94. The van der Waals surface area contributed by atoms with Crippen molar-refractivity contribution >= 4 is 24.8 Å². The van der Waals surface area contributed by atoms with Crippen LogP contribution in [0, 0.1) is 0 Å². The van der Waals surface area contributed by atoms with Crippen LogP contribution in [0.25, 0.3) is 0 Å². The molecule has 0 unspecified atom stereocenters. The molecule has 1 fully saturated rings. The van der Waals surface area contributed by atoms with Crippen molar-refractivity contribution in [2.45, 2.75) is 10.5 Å². The summed E-state index contributed by atoms with van der Waals surface area (Å²) in [6.07, 6.45) is 0. The first-order valence-corrected chi connectivity index (χ1v) is 11.0. The third-order valence-corrected chi connectivity index (χ3v) is 7.97. The van der Waals surface area contributed by atoms with Crippen LogP contribution in [0.4, 0.5) is 0 Å². The molecule has 0 bridgehead atoms. The molecule has 0 aromatic heterocycles. The summed E-state index contributed by atoms with van der Waals surface area (Å²) in [5.74, 6) is 0. The van der Waals surface area contributed by atoms with E-state index in [1.807, 2.05) is 7.11 Å². The molecule has 1 rings (SSSR count). The van der Waals surface area contributed by atoms with Crippen LogP contribution in [0.15, 0.2) is 0 Å². The molecule has 19 heavy (non-hydrogen) atoms. The van der Waals surface area contributed by atoms with E-state index in [-0.39, 0.29) is 24.8 Å². The Kier molecular flexibility index (Phi) is 15.1. The van der Waals surface area contributed by atoms with Crippen molar-refractivity contribution in [3.63, 3.8) is 0 Å². The van der Waals surface area contributed by atoms with E-state index in [9.17, 15) is 0 Å². The first-order chi connectivity index (χ1) is 8.17. The smallest absolute Gasteiger partial charge is 0.147 e. The molecular formula is C11H30Cl2N4OTi. The molecule has 1 aliphatic rings. The monoisotopic (exact) mass is 352 g/mol. The quantitative estimate of drug-likeness (QED) is 0.637. The van der Waals surface area contributed by atoms with E-state index >= 15 is 0 Å². The molecule has 0 aromatic carbocycles. The van der Waals surface area contributed by atoms with Crippen LogP contribution in [0.3, 0.4) is 0 Å². The zero-order valence-corrected chi connectivity index (χ0v) is 15.5. The summed E-state index contributed by atoms with van der Waals surface area (Å²) in [7, 11) is 1.86. The predicted octanol–water partition coefficient (Wildman–Crippen LogP) is 0.641. The maximum absolute atomic E-state index is 5.75. The Morgan fingerprint density at radius 1 is 0.789 bits per heavy atom. The number of halogens is 2. The van der Waals surface area contributed by atoms with E-state index < -0.39 is 17.2 Å². The Morgan fingerprint density at radius 3 is 1.53 bits per heavy atom. The van der Waals surface area contributed by atoms with Gasteiger partial charge in [-0.15, -0.1) is 24.8 Å². The summed E-state index contributed by atoms with van der Waals surface area (Å²) in [6, 6.07) is 0. The number of hydrogen-bond donors (Lipinski definition) is 3. The van der Waals surface area contributed by atoms with Gasteiger partial charge in [0.2, 0.25) is 0 Å². The Morgan fingerprint density at radius 2 is 1.16 bits per heavy atom. The zero-order valence-electron chi connectivity index (χ0n) is 12.3.